The molecule has 6 heteroatoms. The molecule has 0 saturated heterocycles. The van der Waals surface area contributed by atoms with Crippen LogP contribution in [-0.4, -0.2) is 27.7 Å². The predicted molar refractivity (Wildman–Crippen MR) is 85.9 cm³/mol. The fraction of sp³-hybridized carbons (Fsp3) is 0.533. The molecule has 2 heterocycles. The zero-order chi connectivity index (χ0) is 14.2. The quantitative estimate of drug-likeness (QED) is 0.695. The molecule has 0 unspecified atom stereocenters. The van der Waals surface area contributed by atoms with E-state index in [1.165, 1.54) is 35.1 Å². The van der Waals surface area contributed by atoms with Gasteiger partial charge >= 0.3 is 0 Å². The van der Waals surface area contributed by atoms with Crippen LogP contribution >= 0.6 is 23.1 Å². The summed E-state index contributed by atoms with van der Waals surface area (Å²) in [4.78, 5) is 23.3. The van der Waals surface area contributed by atoms with Crippen LogP contribution in [0.25, 0.3) is 10.2 Å². The Morgan fingerprint density at radius 3 is 3.05 bits per heavy atom. The molecule has 2 aliphatic rings. The number of carbonyl (C=O) groups excluding carboxylic acids is 1. The number of aryl methyl sites for hydroxylation is 2. The molecular formula is C15H17N3OS2. The Balaban J connectivity index is 1.58. The fourth-order valence-corrected chi connectivity index (χ4v) is 4.93. The van der Waals surface area contributed by atoms with Crippen LogP contribution in [0.2, 0.25) is 0 Å². The van der Waals surface area contributed by atoms with Gasteiger partial charge in [-0.25, -0.2) is 9.97 Å². The van der Waals surface area contributed by atoms with E-state index in [2.05, 4.69) is 15.3 Å². The Morgan fingerprint density at radius 1 is 1.33 bits per heavy atom. The highest BCUT2D eigenvalue weighted by Crippen LogP contribution is 2.39. The van der Waals surface area contributed by atoms with E-state index < -0.39 is 0 Å². The maximum atomic E-state index is 11.9. The molecule has 2 aromatic rings. The maximum absolute atomic E-state index is 11.9. The van der Waals surface area contributed by atoms with E-state index in [1.807, 2.05) is 0 Å². The van der Waals surface area contributed by atoms with Crippen LogP contribution in [0.3, 0.4) is 0 Å². The average Bonchev–Trinajstić information content (AvgIpc) is 3.22. The predicted octanol–water partition coefficient (Wildman–Crippen LogP) is 2.94. The largest absolute Gasteiger partial charge is 0.353 e. The zero-order valence-corrected chi connectivity index (χ0v) is 13.4. The second kappa shape index (κ2) is 5.57. The minimum Gasteiger partial charge on any atom is -0.353 e. The van der Waals surface area contributed by atoms with E-state index >= 15 is 0 Å². The monoisotopic (exact) mass is 319 g/mol. The van der Waals surface area contributed by atoms with Crippen LogP contribution in [0.5, 0.6) is 0 Å². The van der Waals surface area contributed by atoms with Gasteiger partial charge in [0.2, 0.25) is 5.91 Å². The minimum atomic E-state index is 0.123. The first-order valence-corrected chi connectivity index (χ1v) is 9.29. The average molecular weight is 319 g/mol. The van der Waals surface area contributed by atoms with Crippen LogP contribution in [0.1, 0.15) is 36.1 Å². The summed E-state index contributed by atoms with van der Waals surface area (Å²) in [6, 6.07) is 0.428. The summed E-state index contributed by atoms with van der Waals surface area (Å²) in [6.45, 7) is 0. The molecule has 4 nitrogen and oxygen atoms in total. The lowest BCUT2D eigenvalue weighted by molar-refractivity contribution is -0.118. The number of fused-ring (bicyclic) bond motifs is 3. The highest BCUT2D eigenvalue weighted by atomic mass is 32.2. The van der Waals surface area contributed by atoms with Crippen LogP contribution < -0.4 is 5.32 Å². The molecule has 1 amide bonds. The number of hydrogen-bond donors (Lipinski definition) is 1. The molecule has 0 radical (unpaired) electrons. The topological polar surface area (TPSA) is 54.9 Å². The van der Waals surface area contributed by atoms with Crippen molar-refractivity contribution >= 4 is 39.2 Å². The normalized spacial score (nSPS) is 17.7. The van der Waals surface area contributed by atoms with Gasteiger partial charge in [0.1, 0.15) is 16.2 Å². The Bertz CT molecular complexity index is 694. The van der Waals surface area contributed by atoms with Gasteiger partial charge in [-0.2, -0.15) is 0 Å². The van der Waals surface area contributed by atoms with E-state index in [4.69, 9.17) is 0 Å². The lowest BCUT2D eigenvalue weighted by Gasteiger charge is -2.11. The highest BCUT2D eigenvalue weighted by Gasteiger charge is 2.24. The molecule has 4 rings (SSSR count). The number of hydrogen-bond acceptors (Lipinski definition) is 5. The van der Waals surface area contributed by atoms with Crippen molar-refractivity contribution in [3.8, 4) is 0 Å². The van der Waals surface area contributed by atoms with Crippen molar-refractivity contribution in [1.82, 2.24) is 15.3 Å². The summed E-state index contributed by atoms with van der Waals surface area (Å²) >= 11 is 3.35. The Kier molecular flexibility index (Phi) is 3.59. The van der Waals surface area contributed by atoms with E-state index in [9.17, 15) is 4.79 Å². The van der Waals surface area contributed by atoms with Crippen molar-refractivity contribution in [3.63, 3.8) is 0 Å². The Hall–Kier alpha value is -1.14. The highest BCUT2D eigenvalue weighted by molar-refractivity contribution is 8.00. The molecule has 0 atom stereocenters. The van der Waals surface area contributed by atoms with E-state index in [0.717, 1.165) is 29.1 Å². The van der Waals surface area contributed by atoms with Crippen molar-refractivity contribution in [2.75, 3.05) is 5.75 Å². The van der Waals surface area contributed by atoms with Gasteiger partial charge in [0.25, 0.3) is 0 Å². The molecule has 110 valence electrons. The minimum absolute atomic E-state index is 0.123. The summed E-state index contributed by atoms with van der Waals surface area (Å²) in [5.41, 5.74) is 1.44. The van der Waals surface area contributed by atoms with Gasteiger partial charge in [0.15, 0.2) is 0 Å². The van der Waals surface area contributed by atoms with Gasteiger partial charge in [-0.05, 0) is 44.1 Å². The SMILES string of the molecule is O=C(CSc1ncnc2sc3c(c12)CCCC3)NC1CC1. The van der Waals surface area contributed by atoms with Crippen LogP contribution in [0, 0.1) is 0 Å². The molecule has 21 heavy (non-hydrogen) atoms. The molecule has 1 fully saturated rings. The third-order valence-electron chi connectivity index (χ3n) is 4.00. The fourth-order valence-electron chi connectivity index (χ4n) is 2.80. The molecule has 2 aromatic heterocycles. The molecule has 1 N–H and O–H groups in total. The van der Waals surface area contributed by atoms with E-state index in [1.54, 1.807) is 29.4 Å². The molecule has 2 aliphatic carbocycles. The van der Waals surface area contributed by atoms with Crippen LogP contribution in [0.4, 0.5) is 0 Å². The lowest BCUT2D eigenvalue weighted by Crippen LogP contribution is -2.27. The number of thiophene rings is 1. The second-order valence-electron chi connectivity index (χ2n) is 5.70. The van der Waals surface area contributed by atoms with Gasteiger partial charge in [-0.1, -0.05) is 11.8 Å². The second-order valence-corrected chi connectivity index (χ2v) is 7.75. The third kappa shape index (κ3) is 2.79. The summed E-state index contributed by atoms with van der Waals surface area (Å²) in [6.07, 6.45) is 8.72. The molecular weight excluding hydrogens is 302 g/mol. The lowest BCUT2D eigenvalue weighted by atomic mass is 9.97. The number of amides is 1. The third-order valence-corrected chi connectivity index (χ3v) is 6.19. The first kappa shape index (κ1) is 13.5. The molecule has 0 bridgehead atoms. The van der Waals surface area contributed by atoms with Gasteiger partial charge in [-0.3, -0.25) is 4.79 Å². The van der Waals surface area contributed by atoms with Crippen molar-refractivity contribution in [2.24, 2.45) is 0 Å². The zero-order valence-electron chi connectivity index (χ0n) is 11.7. The number of rotatable bonds is 4. The molecule has 1 saturated carbocycles. The Morgan fingerprint density at radius 2 is 2.19 bits per heavy atom. The van der Waals surface area contributed by atoms with Crippen molar-refractivity contribution < 1.29 is 4.79 Å². The van der Waals surface area contributed by atoms with Gasteiger partial charge < -0.3 is 5.32 Å². The van der Waals surface area contributed by atoms with Crippen molar-refractivity contribution in [2.45, 2.75) is 49.6 Å². The summed E-state index contributed by atoms with van der Waals surface area (Å²) < 4.78 is 0. The number of thioether (sulfide) groups is 1. The molecule has 0 spiro atoms. The maximum Gasteiger partial charge on any atom is 0.230 e. The number of carbonyl (C=O) groups is 1. The first-order valence-electron chi connectivity index (χ1n) is 7.48. The van der Waals surface area contributed by atoms with Gasteiger partial charge in [0, 0.05) is 16.3 Å². The van der Waals surface area contributed by atoms with Crippen LogP contribution in [0.15, 0.2) is 11.4 Å². The van der Waals surface area contributed by atoms with E-state index in [0.29, 0.717) is 11.8 Å². The summed E-state index contributed by atoms with van der Waals surface area (Å²) in [5.74, 6) is 0.575. The first-order chi connectivity index (χ1) is 10.3. The van der Waals surface area contributed by atoms with Crippen molar-refractivity contribution in [1.29, 1.82) is 0 Å². The number of nitrogens with zero attached hydrogens (tertiary/aromatic N) is 2. The Labute approximate surface area is 131 Å². The smallest absolute Gasteiger partial charge is 0.230 e. The molecule has 0 aliphatic heterocycles. The van der Waals surface area contributed by atoms with E-state index in [-0.39, 0.29) is 5.91 Å². The molecule has 0 aromatic carbocycles. The van der Waals surface area contributed by atoms with Gasteiger partial charge in [0.05, 0.1) is 5.75 Å². The van der Waals surface area contributed by atoms with Crippen LogP contribution in [-0.2, 0) is 17.6 Å². The summed E-state index contributed by atoms with van der Waals surface area (Å²) in [7, 11) is 0. The van der Waals surface area contributed by atoms with Gasteiger partial charge in [-0.15, -0.1) is 11.3 Å². The number of aromatic nitrogens is 2. The summed E-state index contributed by atoms with van der Waals surface area (Å²) in [5, 5.41) is 5.21. The number of nitrogens with one attached hydrogen (secondary N) is 1. The standard InChI is InChI=1S/C15H17N3OS2/c19-12(18-9-5-6-9)7-20-14-13-10-3-1-2-4-11(10)21-15(13)17-8-16-14/h8-9H,1-7H2,(H,18,19). The van der Waals surface area contributed by atoms with Crippen molar-refractivity contribution in [3.05, 3.63) is 16.8 Å².